The van der Waals surface area contributed by atoms with Crippen molar-refractivity contribution in [1.29, 1.82) is 0 Å². The number of hydrogen-bond donors (Lipinski definition) is 2. The van der Waals surface area contributed by atoms with Crippen LogP contribution in [0.3, 0.4) is 0 Å². The van der Waals surface area contributed by atoms with Gasteiger partial charge in [0.15, 0.2) is 0 Å². The molecule has 1 atom stereocenters. The Morgan fingerprint density at radius 3 is 2.21 bits per heavy atom. The number of amides is 2. The van der Waals surface area contributed by atoms with Crippen molar-refractivity contribution in [3.8, 4) is 0 Å². The lowest BCUT2D eigenvalue weighted by atomic mass is 10.1. The molecule has 2 aromatic carbocycles. The molecule has 0 spiro atoms. The number of carbonyl (C=O) groups excluding carboxylic acids is 2. The van der Waals surface area contributed by atoms with Crippen LogP contribution in [0.4, 0.5) is 10.5 Å². The highest BCUT2D eigenvalue weighted by atomic mass is 16.6. The standard InChI is InChI=1S/C23H30N2O4/c1-16-11-17(2)13-19(12-16)24-21(26)20(25-22(27)29-23(3,4)5)15-28-14-18-9-7-6-8-10-18/h6-13,20H,14-15H2,1-5H3,(H,24,26)(H,25,27)/t20-/m0/s1. The van der Waals surface area contributed by atoms with Gasteiger partial charge < -0.3 is 20.1 Å². The van der Waals surface area contributed by atoms with Crippen LogP contribution < -0.4 is 10.6 Å². The van der Waals surface area contributed by atoms with Crippen molar-refractivity contribution < 1.29 is 19.1 Å². The number of carbonyl (C=O) groups is 2. The molecule has 0 saturated heterocycles. The van der Waals surface area contributed by atoms with Crippen LogP contribution in [0.25, 0.3) is 0 Å². The molecule has 0 heterocycles. The van der Waals surface area contributed by atoms with Crippen molar-refractivity contribution in [2.24, 2.45) is 0 Å². The quantitative estimate of drug-likeness (QED) is 0.727. The molecule has 0 aliphatic rings. The van der Waals surface area contributed by atoms with Gasteiger partial charge in [0.05, 0.1) is 13.2 Å². The number of anilines is 1. The van der Waals surface area contributed by atoms with E-state index in [1.54, 1.807) is 20.8 Å². The summed E-state index contributed by atoms with van der Waals surface area (Å²) < 4.78 is 11.0. The fraction of sp³-hybridized carbons (Fsp3) is 0.391. The highest BCUT2D eigenvalue weighted by Gasteiger charge is 2.25. The molecule has 0 saturated carbocycles. The number of alkyl carbamates (subject to hydrolysis) is 1. The maximum absolute atomic E-state index is 12.8. The summed E-state index contributed by atoms with van der Waals surface area (Å²) in [7, 11) is 0. The summed E-state index contributed by atoms with van der Waals surface area (Å²) in [5, 5.41) is 5.46. The summed E-state index contributed by atoms with van der Waals surface area (Å²) in [6.07, 6.45) is -0.665. The zero-order valence-corrected chi connectivity index (χ0v) is 17.7. The first-order chi connectivity index (χ1) is 13.6. The summed E-state index contributed by atoms with van der Waals surface area (Å²) in [5.41, 5.74) is 3.07. The first-order valence-electron chi connectivity index (χ1n) is 9.63. The van der Waals surface area contributed by atoms with Gasteiger partial charge in [-0.2, -0.15) is 0 Å². The molecular weight excluding hydrogens is 368 g/mol. The molecule has 2 aromatic rings. The maximum atomic E-state index is 12.8. The minimum atomic E-state index is -0.894. The Labute approximate surface area is 172 Å². The number of nitrogens with one attached hydrogen (secondary N) is 2. The molecule has 0 bridgehead atoms. The fourth-order valence-corrected chi connectivity index (χ4v) is 2.78. The number of rotatable bonds is 7. The average Bonchev–Trinajstić information content (AvgIpc) is 2.59. The summed E-state index contributed by atoms with van der Waals surface area (Å²) in [6, 6.07) is 14.5. The van der Waals surface area contributed by atoms with Crippen molar-refractivity contribution in [2.45, 2.75) is 52.9 Å². The van der Waals surface area contributed by atoms with Gasteiger partial charge in [0.1, 0.15) is 11.6 Å². The van der Waals surface area contributed by atoms with Crippen LogP contribution in [0.5, 0.6) is 0 Å². The number of hydrogen-bond acceptors (Lipinski definition) is 4. The van der Waals surface area contributed by atoms with Crippen LogP contribution in [-0.2, 0) is 20.9 Å². The second kappa shape index (κ2) is 10.1. The molecular formula is C23H30N2O4. The molecule has 0 unspecified atom stereocenters. The summed E-state index contributed by atoms with van der Waals surface area (Å²) in [6.45, 7) is 9.58. The first kappa shape index (κ1) is 22.4. The van der Waals surface area contributed by atoms with Gasteiger partial charge in [-0.1, -0.05) is 36.4 Å². The minimum Gasteiger partial charge on any atom is -0.444 e. The van der Waals surface area contributed by atoms with E-state index in [-0.39, 0.29) is 12.5 Å². The second-order valence-corrected chi connectivity index (χ2v) is 8.07. The van der Waals surface area contributed by atoms with Gasteiger partial charge in [-0.05, 0) is 63.4 Å². The molecule has 0 radical (unpaired) electrons. The third kappa shape index (κ3) is 8.35. The van der Waals surface area contributed by atoms with Crippen molar-refractivity contribution in [3.05, 3.63) is 65.2 Å². The number of aryl methyl sites for hydroxylation is 2. The Morgan fingerprint density at radius 2 is 1.62 bits per heavy atom. The molecule has 2 amide bonds. The third-order valence-electron chi connectivity index (χ3n) is 3.89. The van der Waals surface area contributed by atoms with Gasteiger partial charge in [0.2, 0.25) is 5.91 Å². The third-order valence-corrected chi connectivity index (χ3v) is 3.89. The van der Waals surface area contributed by atoms with E-state index in [1.165, 1.54) is 0 Å². The van der Waals surface area contributed by atoms with Crippen LogP contribution in [0.1, 0.15) is 37.5 Å². The fourth-order valence-electron chi connectivity index (χ4n) is 2.78. The van der Waals surface area contributed by atoms with E-state index in [2.05, 4.69) is 10.6 Å². The van der Waals surface area contributed by atoms with E-state index in [1.807, 2.05) is 62.4 Å². The first-order valence-corrected chi connectivity index (χ1v) is 9.63. The minimum absolute atomic E-state index is 0.0186. The predicted molar refractivity (Wildman–Crippen MR) is 114 cm³/mol. The SMILES string of the molecule is Cc1cc(C)cc(NC(=O)[C@H](COCc2ccccc2)NC(=O)OC(C)(C)C)c1. The molecule has 0 aromatic heterocycles. The van der Waals surface area contributed by atoms with Crippen LogP contribution >= 0.6 is 0 Å². The summed E-state index contributed by atoms with van der Waals surface area (Å²) >= 11 is 0. The maximum Gasteiger partial charge on any atom is 0.408 e. The van der Waals surface area contributed by atoms with E-state index >= 15 is 0 Å². The van der Waals surface area contributed by atoms with Crippen LogP contribution in [0, 0.1) is 13.8 Å². The Morgan fingerprint density at radius 1 is 1.00 bits per heavy atom. The lowest BCUT2D eigenvalue weighted by Gasteiger charge is -2.23. The number of ether oxygens (including phenoxy) is 2. The monoisotopic (exact) mass is 398 g/mol. The molecule has 156 valence electrons. The van der Waals surface area contributed by atoms with Gasteiger partial charge in [-0.15, -0.1) is 0 Å². The Balaban J connectivity index is 2.05. The summed E-state index contributed by atoms with van der Waals surface area (Å²) in [4.78, 5) is 25.0. The number of benzene rings is 2. The van der Waals surface area contributed by atoms with E-state index in [9.17, 15) is 9.59 Å². The normalized spacial score (nSPS) is 12.2. The largest absolute Gasteiger partial charge is 0.444 e. The molecule has 0 fully saturated rings. The lowest BCUT2D eigenvalue weighted by molar-refractivity contribution is -0.119. The molecule has 2 rings (SSSR count). The highest BCUT2D eigenvalue weighted by Crippen LogP contribution is 2.14. The van der Waals surface area contributed by atoms with Gasteiger partial charge >= 0.3 is 6.09 Å². The van der Waals surface area contributed by atoms with Gasteiger partial charge in [0.25, 0.3) is 0 Å². The lowest BCUT2D eigenvalue weighted by Crippen LogP contribution is -2.48. The summed E-state index contributed by atoms with van der Waals surface area (Å²) in [5.74, 6) is -0.367. The van der Waals surface area contributed by atoms with Gasteiger partial charge in [-0.3, -0.25) is 4.79 Å². The zero-order chi connectivity index (χ0) is 21.4. The smallest absolute Gasteiger partial charge is 0.408 e. The van der Waals surface area contributed by atoms with Crippen molar-refractivity contribution in [3.63, 3.8) is 0 Å². The predicted octanol–water partition coefficient (Wildman–Crippen LogP) is 4.35. The zero-order valence-electron chi connectivity index (χ0n) is 17.7. The Kier molecular flexibility index (Phi) is 7.79. The molecule has 0 aliphatic heterocycles. The van der Waals surface area contributed by atoms with Crippen molar-refractivity contribution in [1.82, 2.24) is 5.32 Å². The van der Waals surface area contributed by atoms with E-state index in [4.69, 9.17) is 9.47 Å². The van der Waals surface area contributed by atoms with Crippen molar-refractivity contribution in [2.75, 3.05) is 11.9 Å². The van der Waals surface area contributed by atoms with Crippen LogP contribution in [0.2, 0.25) is 0 Å². The highest BCUT2D eigenvalue weighted by molar-refractivity contribution is 5.96. The Bertz CT molecular complexity index is 808. The molecule has 0 aliphatic carbocycles. The van der Waals surface area contributed by atoms with E-state index in [0.29, 0.717) is 12.3 Å². The second-order valence-electron chi connectivity index (χ2n) is 8.07. The van der Waals surface area contributed by atoms with Crippen molar-refractivity contribution >= 4 is 17.7 Å². The molecule has 6 heteroatoms. The van der Waals surface area contributed by atoms with Gasteiger partial charge in [-0.25, -0.2) is 4.79 Å². The van der Waals surface area contributed by atoms with Crippen LogP contribution in [0.15, 0.2) is 48.5 Å². The van der Waals surface area contributed by atoms with E-state index < -0.39 is 17.7 Å². The molecule has 29 heavy (non-hydrogen) atoms. The van der Waals surface area contributed by atoms with Gasteiger partial charge in [0, 0.05) is 5.69 Å². The molecule has 2 N–H and O–H groups in total. The Hall–Kier alpha value is -2.86. The van der Waals surface area contributed by atoms with Crippen LogP contribution in [-0.4, -0.2) is 30.3 Å². The molecule has 6 nitrogen and oxygen atoms in total. The average molecular weight is 399 g/mol. The topological polar surface area (TPSA) is 76.7 Å². The van der Waals surface area contributed by atoms with E-state index in [0.717, 1.165) is 16.7 Å².